The van der Waals surface area contributed by atoms with E-state index >= 15 is 0 Å². The molecule has 6 nitrogen and oxygen atoms in total. The Labute approximate surface area is 121 Å². The van der Waals surface area contributed by atoms with E-state index in [9.17, 15) is 8.42 Å². The second-order valence-electron chi connectivity index (χ2n) is 4.49. The lowest BCUT2D eigenvalue weighted by atomic mass is 10.5. The van der Waals surface area contributed by atoms with Crippen LogP contribution in [0.2, 0.25) is 0 Å². The molecule has 1 aliphatic rings. The van der Waals surface area contributed by atoms with Gasteiger partial charge in [0.05, 0.1) is 0 Å². The molecule has 106 valence electrons. The first-order chi connectivity index (χ1) is 9.00. The quantitative estimate of drug-likeness (QED) is 0.603. The lowest BCUT2D eigenvalue weighted by molar-refractivity contribution is 0.403. The Balaban J connectivity index is 2.45. The summed E-state index contributed by atoms with van der Waals surface area (Å²) in [6, 6.07) is 1.65. The Hall–Kier alpha value is -0.700. The van der Waals surface area contributed by atoms with Crippen LogP contribution in [0.3, 0.4) is 0 Å². The molecule has 3 N–H and O–H groups in total. The highest BCUT2D eigenvalue weighted by atomic mass is 79.9. The summed E-state index contributed by atoms with van der Waals surface area (Å²) in [5.74, 6) is 5.52. The molecule has 0 atom stereocenters. The SMILES string of the molecule is CCCN(C1CC1)S(=O)(=O)c1cc(Br)cnc1NN. The summed E-state index contributed by atoms with van der Waals surface area (Å²) in [6.07, 6.45) is 4.14. The molecule has 0 saturated heterocycles. The molecule has 0 spiro atoms. The summed E-state index contributed by atoms with van der Waals surface area (Å²) >= 11 is 3.24. The van der Waals surface area contributed by atoms with Gasteiger partial charge in [0, 0.05) is 23.3 Å². The molecule has 1 heterocycles. The van der Waals surface area contributed by atoms with Crippen LogP contribution >= 0.6 is 15.9 Å². The fraction of sp³-hybridized carbons (Fsp3) is 0.545. The smallest absolute Gasteiger partial charge is 0.247 e. The van der Waals surface area contributed by atoms with Crippen molar-refractivity contribution in [1.82, 2.24) is 9.29 Å². The second kappa shape index (κ2) is 5.74. The first-order valence-electron chi connectivity index (χ1n) is 6.14. The van der Waals surface area contributed by atoms with Crippen LogP contribution in [-0.2, 0) is 10.0 Å². The molecule has 0 aromatic carbocycles. The number of halogens is 1. The minimum absolute atomic E-state index is 0.115. The highest BCUT2D eigenvalue weighted by Gasteiger charge is 2.38. The molecule has 0 amide bonds. The zero-order valence-corrected chi connectivity index (χ0v) is 13.0. The van der Waals surface area contributed by atoms with Crippen molar-refractivity contribution in [2.24, 2.45) is 5.84 Å². The number of rotatable bonds is 6. The number of anilines is 1. The lowest BCUT2D eigenvalue weighted by Gasteiger charge is -2.22. The van der Waals surface area contributed by atoms with Gasteiger partial charge in [-0.2, -0.15) is 4.31 Å². The average Bonchev–Trinajstić information content (AvgIpc) is 3.20. The molecular formula is C11H17BrN4O2S. The van der Waals surface area contributed by atoms with E-state index in [4.69, 9.17) is 5.84 Å². The molecule has 0 aliphatic heterocycles. The van der Waals surface area contributed by atoms with Gasteiger partial charge >= 0.3 is 0 Å². The third-order valence-electron chi connectivity index (χ3n) is 2.94. The summed E-state index contributed by atoms with van der Waals surface area (Å²) in [5, 5.41) is 0. The largest absolute Gasteiger partial charge is 0.307 e. The number of nitrogens with zero attached hydrogens (tertiary/aromatic N) is 2. The third-order valence-corrected chi connectivity index (χ3v) is 5.34. The van der Waals surface area contributed by atoms with Gasteiger partial charge < -0.3 is 5.43 Å². The van der Waals surface area contributed by atoms with Gasteiger partial charge in [-0.1, -0.05) is 6.92 Å². The van der Waals surface area contributed by atoms with E-state index in [1.165, 1.54) is 12.3 Å². The Bertz CT molecular complexity index is 560. The Morgan fingerprint density at radius 2 is 2.26 bits per heavy atom. The van der Waals surface area contributed by atoms with Crippen molar-refractivity contribution in [3.8, 4) is 0 Å². The number of aromatic nitrogens is 1. The zero-order valence-electron chi connectivity index (χ0n) is 10.6. The summed E-state index contributed by atoms with van der Waals surface area (Å²) in [7, 11) is -3.57. The maximum Gasteiger partial charge on any atom is 0.247 e. The predicted molar refractivity (Wildman–Crippen MR) is 77.0 cm³/mol. The number of nitrogen functional groups attached to an aromatic ring is 1. The Kier molecular flexibility index (Phi) is 4.44. The van der Waals surface area contributed by atoms with Gasteiger partial charge in [-0.15, -0.1) is 0 Å². The average molecular weight is 349 g/mol. The van der Waals surface area contributed by atoms with Crippen LogP contribution in [0, 0.1) is 0 Å². The van der Waals surface area contributed by atoms with Crippen molar-refractivity contribution < 1.29 is 8.42 Å². The van der Waals surface area contributed by atoms with E-state index in [1.54, 1.807) is 4.31 Å². The molecule has 19 heavy (non-hydrogen) atoms. The van der Waals surface area contributed by atoms with Gasteiger partial charge in [-0.3, -0.25) is 0 Å². The normalized spacial score (nSPS) is 15.8. The van der Waals surface area contributed by atoms with Crippen molar-refractivity contribution >= 4 is 31.8 Å². The maximum atomic E-state index is 12.7. The van der Waals surface area contributed by atoms with Crippen molar-refractivity contribution in [1.29, 1.82) is 0 Å². The van der Waals surface area contributed by atoms with Gasteiger partial charge in [-0.05, 0) is 41.3 Å². The molecule has 1 aliphatic carbocycles. The number of pyridine rings is 1. The molecule has 1 saturated carbocycles. The van der Waals surface area contributed by atoms with Crippen LogP contribution in [0.5, 0.6) is 0 Å². The first kappa shape index (κ1) is 14.7. The first-order valence-corrected chi connectivity index (χ1v) is 8.38. The molecular weight excluding hydrogens is 332 g/mol. The van der Waals surface area contributed by atoms with Gasteiger partial charge in [0.25, 0.3) is 0 Å². The fourth-order valence-electron chi connectivity index (χ4n) is 1.93. The number of hydrazine groups is 1. The summed E-state index contributed by atoms with van der Waals surface area (Å²) in [5.41, 5.74) is 2.35. The van der Waals surface area contributed by atoms with E-state index in [1.807, 2.05) is 6.92 Å². The monoisotopic (exact) mass is 348 g/mol. The molecule has 0 radical (unpaired) electrons. The van der Waals surface area contributed by atoms with Crippen LogP contribution in [-0.4, -0.2) is 30.3 Å². The zero-order chi connectivity index (χ0) is 14.0. The molecule has 2 rings (SSSR count). The van der Waals surface area contributed by atoms with Crippen LogP contribution in [0.1, 0.15) is 26.2 Å². The number of nitrogens with two attached hydrogens (primary N) is 1. The van der Waals surface area contributed by atoms with Crippen LogP contribution < -0.4 is 11.3 Å². The summed E-state index contributed by atoms with van der Waals surface area (Å²) in [4.78, 5) is 4.11. The van der Waals surface area contributed by atoms with E-state index < -0.39 is 10.0 Å². The minimum atomic E-state index is -3.57. The number of nitrogens with one attached hydrogen (secondary N) is 1. The number of hydrogen-bond donors (Lipinski definition) is 2. The minimum Gasteiger partial charge on any atom is -0.307 e. The van der Waals surface area contributed by atoms with Crippen molar-refractivity contribution in [2.75, 3.05) is 12.0 Å². The highest BCUT2D eigenvalue weighted by Crippen LogP contribution is 2.34. The van der Waals surface area contributed by atoms with Crippen LogP contribution in [0.4, 0.5) is 5.82 Å². The van der Waals surface area contributed by atoms with Crippen molar-refractivity contribution in [2.45, 2.75) is 37.1 Å². The molecule has 8 heteroatoms. The van der Waals surface area contributed by atoms with Gasteiger partial charge in [0.1, 0.15) is 4.90 Å². The Morgan fingerprint density at radius 3 is 2.79 bits per heavy atom. The van der Waals surface area contributed by atoms with E-state index in [-0.39, 0.29) is 16.8 Å². The van der Waals surface area contributed by atoms with Crippen LogP contribution in [0.15, 0.2) is 21.6 Å². The second-order valence-corrected chi connectivity index (χ2v) is 7.27. The highest BCUT2D eigenvalue weighted by molar-refractivity contribution is 9.10. The van der Waals surface area contributed by atoms with E-state index in [0.29, 0.717) is 11.0 Å². The van der Waals surface area contributed by atoms with Crippen molar-refractivity contribution in [3.05, 3.63) is 16.7 Å². The van der Waals surface area contributed by atoms with E-state index in [0.717, 1.165) is 19.3 Å². The molecule has 0 unspecified atom stereocenters. The summed E-state index contributed by atoms with van der Waals surface area (Å²) in [6.45, 7) is 2.48. The maximum absolute atomic E-state index is 12.7. The standard InChI is InChI=1S/C11H17BrN4O2S/c1-2-5-16(9-3-4-9)19(17,18)10-6-8(12)7-14-11(10)15-13/h6-7,9H,2-5,13H2,1H3,(H,14,15). The molecule has 0 bridgehead atoms. The summed E-state index contributed by atoms with van der Waals surface area (Å²) < 4.78 is 27.6. The fourth-order valence-corrected chi connectivity index (χ4v) is 4.33. The van der Waals surface area contributed by atoms with Crippen molar-refractivity contribution in [3.63, 3.8) is 0 Å². The van der Waals surface area contributed by atoms with E-state index in [2.05, 4.69) is 26.3 Å². The lowest BCUT2D eigenvalue weighted by Crippen LogP contribution is -2.34. The van der Waals surface area contributed by atoms with Gasteiger partial charge in [0.15, 0.2) is 5.82 Å². The van der Waals surface area contributed by atoms with Gasteiger partial charge in [-0.25, -0.2) is 19.2 Å². The predicted octanol–water partition coefficient (Wildman–Crippen LogP) is 1.69. The molecule has 1 aromatic heterocycles. The third kappa shape index (κ3) is 3.07. The number of hydrogen-bond acceptors (Lipinski definition) is 5. The molecule has 1 fully saturated rings. The number of sulfonamides is 1. The molecule has 1 aromatic rings. The topological polar surface area (TPSA) is 88.3 Å². The van der Waals surface area contributed by atoms with Gasteiger partial charge in [0.2, 0.25) is 10.0 Å². The van der Waals surface area contributed by atoms with Crippen LogP contribution in [0.25, 0.3) is 0 Å². The Morgan fingerprint density at radius 1 is 1.58 bits per heavy atom.